The molecule has 0 amide bonds. The highest BCUT2D eigenvalue weighted by Crippen LogP contribution is 2.25. The molecule has 0 atom stereocenters. The normalized spacial score (nSPS) is 18.9. The van der Waals surface area contributed by atoms with Gasteiger partial charge in [-0.15, -0.1) is 0 Å². The van der Waals surface area contributed by atoms with Gasteiger partial charge in [-0.25, -0.2) is 0 Å². The van der Waals surface area contributed by atoms with Crippen LogP contribution in [0.15, 0.2) is 30.3 Å². The fourth-order valence-corrected chi connectivity index (χ4v) is 2.84. The van der Waals surface area contributed by atoms with Crippen molar-refractivity contribution in [1.29, 1.82) is 0 Å². The molecule has 0 bridgehead atoms. The van der Waals surface area contributed by atoms with Crippen molar-refractivity contribution in [1.82, 2.24) is 4.90 Å². The van der Waals surface area contributed by atoms with Crippen LogP contribution in [0.2, 0.25) is 0 Å². The Morgan fingerprint density at radius 1 is 1.23 bits per heavy atom. The molecule has 1 aromatic rings. The summed E-state index contributed by atoms with van der Waals surface area (Å²) in [5.74, 6) is -0.188. The summed E-state index contributed by atoms with van der Waals surface area (Å²) < 4.78 is 5.40. The topological polar surface area (TPSA) is 55.6 Å². The number of esters is 1. The lowest BCUT2D eigenvalue weighted by molar-refractivity contribution is -0.156. The van der Waals surface area contributed by atoms with Gasteiger partial charge >= 0.3 is 5.97 Å². The van der Waals surface area contributed by atoms with E-state index < -0.39 is 11.1 Å². The molecule has 1 aliphatic rings. The van der Waals surface area contributed by atoms with E-state index in [9.17, 15) is 4.79 Å². The van der Waals surface area contributed by atoms with Crippen molar-refractivity contribution in [2.24, 2.45) is 5.73 Å². The van der Waals surface area contributed by atoms with Crippen molar-refractivity contribution < 1.29 is 9.53 Å². The summed E-state index contributed by atoms with van der Waals surface area (Å²) in [5.41, 5.74) is 6.86. The molecule has 2 rings (SSSR count). The zero-order chi connectivity index (χ0) is 16.2. The quantitative estimate of drug-likeness (QED) is 0.869. The van der Waals surface area contributed by atoms with Crippen molar-refractivity contribution in [2.45, 2.75) is 57.7 Å². The molecule has 4 heteroatoms. The zero-order valence-electron chi connectivity index (χ0n) is 14.0. The summed E-state index contributed by atoms with van der Waals surface area (Å²) in [4.78, 5) is 14.4. The monoisotopic (exact) mass is 304 g/mol. The van der Waals surface area contributed by atoms with Crippen LogP contribution in [0.25, 0.3) is 0 Å². The fourth-order valence-electron chi connectivity index (χ4n) is 2.84. The molecule has 1 saturated heterocycles. The van der Waals surface area contributed by atoms with Gasteiger partial charge in [0, 0.05) is 25.2 Å². The lowest BCUT2D eigenvalue weighted by atomic mass is 9.85. The minimum Gasteiger partial charge on any atom is -0.460 e. The molecule has 0 aliphatic carbocycles. The highest BCUT2D eigenvalue weighted by molar-refractivity contribution is 5.71. The first-order chi connectivity index (χ1) is 10.3. The van der Waals surface area contributed by atoms with E-state index in [1.807, 2.05) is 26.8 Å². The van der Waals surface area contributed by atoms with E-state index >= 15 is 0 Å². The number of carbonyl (C=O) groups is 1. The average Bonchev–Trinajstić information content (AvgIpc) is 2.40. The number of hydrogen-bond donors (Lipinski definition) is 1. The molecule has 22 heavy (non-hydrogen) atoms. The van der Waals surface area contributed by atoms with Gasteiger partial charge in [0.2, 0.25) is 0 Å². The molecule has 0 spiro atoms. The Labute approximate surface area is 133 Å². The lowest BCUT2D eigenvalue weighted by Crippen LogP contribution is -2.51. The Balaban J connectivity index is 1.81. The van der Waals surface area contributed by atoms with E-state index in [0.29, 0.717) is 6.42 Å². The molecule has 0 unspecified atom stereocenters. The van der Waals surface area contributed by atoms with Crippen molar-refractivity contribution >= 4 is 5.97 Å². The molecular formula is C18H28N2O2. The van der Waals surface area contributed by atoms with Gasteiger partial charge in [-0.2, -0.15) is 0 Å². The van der Waals surface area contributed by atoms with Gasteiger partial charge in [0.1, 0.15) is 5.60 Å². The molecule has 122 valence electrons. The van der Waals surface area contributed by atoms with Crippen molar-refractivity contribution in [3.8, 4) is 0 Å². The van der Waals surface area contributed by atoms with Crippen LogP contribution >= 0.6 is 0 Å². The van der Waals surface area contributed by atoms with Crippen molar-refractivity contribution in [3.63, 3.8) is 0 Å². The van der Waals surface area contributed by atoms with Crippen LogP contribution in [0, 0.1) is 0 Å². The van der Waals surface area contributed by atoms with Gasteiger partial charge in [0.05, 0.1) is 6.42 Å². The third-order valence-corrected chi connectivity index (χ3v) is 4.02. The first-order valence-electron chi connectivity index (χ1n) is 8.03. The number of carbonyl (C=O) groups excluding carboxylic acids is 1. The molecule has 4 nitrogen and oxygen atoms in total. The minimum absolute atomic E-state index is 0.188. The predicted octanol–water partition coefficient (Wildman–Crippen LogP) is 2.71. The third kappa shape index (κ3) is 5.43. The number of rotatable bonds is 4. The smallest absolute Gasteiger partial charge is 0.308 e. The minimum atomic E-state index is -0.443. The highest BCUT2D eigenvalue weighted by atomic mass is 16.6. The van der Waals surface area contributed by atoms with Gasteiger partial charge in [0.15, 0.2) is 0 Å². The van der Waals surface area contributed by atoms with Gasteiger partial charge < -0.3 is 10.5 Å². The first-order valence-corrected chi connectivity index (χ1v) is 8.03. The van der Waals surface area contributed by atoms with E-state index in [-0.39, 0.29) is 5.97 Å². The van der Waals surface area contributed by atoms with Crippen LogP contribution in [0.4, 0.5) is 0 Å². The van der Waals surface area contributed by atoms with Crippen LogP contribution in [0.3, 0.4) is 0 Å². The van der Waals surface area contributed by atoms with Crippen LogP contribution in [0.1, 0.15) is 45.6 Å². The number of likely N-dealkylation sites (tertiary alicyclic amines) is 1. The lowest BCUT2D eigenvalue weighted by Gasteiger charge is -2.39. The number of ether oxygens (including phenoxy) is 1. The van der Waals surface area contributed by atoms with Crippen LogP contribution < -0.4 is 5.73 Å². The molecule has 0 radical (unpaired) electrons. The Morgan fingerprint density at radius 3 is 2.36 bits per heavy atom. The maximum atomic E-state index is 12.0. The highest BCUT2D eigenvalue weighted by Gasteiger charge is 2.34. The molecule has 1 aliphatic heterocycles. The van der Waals surface area contributed by atoms with E-state index in [2.05, 4.69) is 29.2 Å². The molecule has 1 aromatic carbocycles. The number of nitrogens with zero attached hydrogens (tertiary/aromatic N) is 1. The van der Waals surface area contributed by atoms with Gasteiger partial charge in [-0.3, -0.25) is 9.69 Å². The van der Waals surface area contributed by atoms with E-state index in [0.717, 1.165) is 32.5 Å². The van der Waals surface area contributed by atoms with Gasteiger partial charge in [-0.1, -0.05) is 30.3 Å². The maximum absolute atomic E-state index is 12.0. The Bertz CT molecular complexity index is 486. The Kier molecular flexibility index (Phi) is 5.24. The molecule has 1 fully saturated rings. The van der Waals surface area contributed by atoms with Crippen LogP contribution in [-0.2, 0) is 16.1 Å². The van der Waals surface area contributed by atoms with Gasteiger partial charge in [-0.05, 0) is 39.2 Å². The summed E-state index contributed by atoms with van der Waals surface area (Å²) in [6.45, 7) is 8.45. The standard InChI is InChI=1S/C18H28N2O2/c1-17(2,3)22-16(21)13-18(19)9-11-20(12-10-18)14-15-7-5-4-6-8-15/h4-8H,9-14,19H2,1-3H3. The van der Waals surface area contributed by atoms with Crippen LogP contribution in [-0.4, -0.2) is 35.1 Å². The summed E-state index contributed by atoms with van der Waals surface area (Å²) in [6, 6.07) is 10.4. The number of piperidine rings is 1. The van der Waals surface area contributed by atoms with Crippen LogP contribution in [0.5, 0.6) is 0 Å². The summed E-state index contributed by atoms with van der Waals surface area (Å²) in [6.07, 6.45) is 1.97. The summed E-state index contributed by atoms with van der Waals surface area (Å²) >= 11 is 0. The molecule has 2 N–H and O–H groups in total. The Morgan fingerprint density at radius 2 is 1.82 bits per heavy atom. The van der Waals surface area contributed by atoms with Gasteiger partial charge in [0.25, 0.3) is 0 Å². The largest absolute Gasteiger partial charge is 0.460 e. The fraction of sp³-hybridized carbons (Fsp3) is 0.611. The second-order valence-electron chi connectivity index (χ2n) is 7.39. The number of hydrogen-bond acceptors (Lipinski definition) is 4. The maximum Gasteiger partial charge on any atom is 0.308 e. The molecule has 1 heterocycles. The zero-order valence-corrected chi connectivity index (χ0v) is 14.0. The van der Waals surface area contributed by atoms with Crippen molar-refractivity contribution in [2.75, 3.05) is 13.1 Å². The second kappa shape index (κ2) is 6.80. The number of nitrogens with two attached hydrogens (primary N) is 1. The summed E-state index contributed by atoms with van der Waals surface area (Å²) in [5, 5.41) is 0. The Hall–Kier alpha value is -1.39. The first kappa shape index (κ1) is 17.0. The third-order valence-electron chi connectivity index (χ3n) is 4.02. The molecule has 0 aromatic heterocycles. The predicted molar refractivity (Wildman–Crippen MR) is 88.3 cm³/mol. The number of benzene rings is 1. The second-order valence-corrected chi connectivity index (χ2v) is 7.39. The van der Waals surface area contributed by atoms with E-state index in [1.165, 1.54) is 5.56 Å². The SMILES string of the molecule is CC(C)(C)OC(=O)CC1(N)CCN(Cc2ccccc2)CC1. The van der Waals surface area contributed by atoms with E-state index in [1.54, 1.807) is 0 Å². The van der Waals surface area contributed by atoms with Crippen molar-refractivity contribution in [3.05, 3.63) is 35.9 Å². The average molecular weight is 304 g/mol. The summed E-state index contributed by atoms with van der Waals surface area (Å²) in [7, 11) is 0. The molecule has 0 saturated carbocycles. The van der Waals surface area contributed by atoms with E-state index in [4.69, 9.17) is 10.5 Å². The molecular weight excluding hydrogens is 276 g/mol.